The molecular weight excluding hydrogens is 212 g/mol. The Morgan fingerprint density at radius 1 is 1.53 bits per heavy atom. The first-order valence-electron chi connectivity index (χ1n) is 5.93. The van der Waals surface area contributed by atoms with Gasteiger partial charge in [-0.1, -0.05) is 6.08 Å². The summed E-state index contributed by atoms with van der Waals surface area (Å²) in [5.74, 6) is 0.914. The van der Waals surface area contributed by atoms with Gasteiger partial charge in [-0.15, -0.1) is 6.58 Å². The van der Waals surface area contributed by atoms with Crippen LogP contribution in [-0.4, -0.2) is 40.6 Å². The maximum atomic E-state index is 4.48. The molecule has 0 aliphatic heterocycles. The quantitative estimate of drug-likeness (QED) is 0.768. The maximum Gasteiger partial charge on any atom is 0.203 e. The summed E-state index contributed by atoms with van der Waals surface area (Å²) in [5, 5.41) is 3.40. The van der Waals surface area contributed by atoms with Crippen LogP contribution in [-0.2, 0) is 6.54 Å². The van der Waals surface area contributed by atoms with Crippen molar-refractivity contribution in [1.29, 1.82) is 0 Å². The maximum absolute atomic E-state index is 4.48. The molecule has 96 valence electrons. The molecule has 0 saturated carbocycles. The van der Waals surface area contributed by atoms with E-state index in [1.807, 2.05) is 19.2 Å². The van der Waals surface area contributed by atoms with Gasteiger partial charge in [-0.25, -0.2) is 4.98 Å². The number of likely N-dealkylation sites (N-methyl/N-ethyl adjacent to an activating group) is 1. The van der Waals surface area contributed by atoms with Crippen LogP contribution >= 0.6 is 0 Å². The Morgan fingerprint density at radius 2 is 2.18 bits per heavy atom. The molecule has 0 unspecified atom stereocenters. The highest BCUT2D eigenvalue weighted by molar-refractivity contribution is 5.30. The largest absolute Gasteiger partial charge is 0.354 e. The summed E-state index contributed by atoms with van der Waals surface area (Å²) in [6.07, 6.45) is 3.91. The van der Waals surface area contributed by atoms with E-state index in [2.05, 4.69) is 54.3 Å². The van der Waals surface area contributed by atoms with Gasteiger partial charge in [0, 0.05) is 24.8 Å². The minimum Gasteiger partial charge on any atom is -0.354 e. The molecule has 1 N–H and O–H groups in total. The van der Waals surface area contributed by atoms with Crippen LogP contribution in [0.25, 0.3) is 0 Å². The SMILES string of the molecule is C=CCn1cc(C)nc1NCC(C)(C)N(C)C. The van der Waals surface area contributed by atoms with Gasteiger partial charge in [-0.05, 0) is 34.9 Å². The Hall–Kier alpha value is -1.29. The normalized spacial score (nSPS) is 11.9. The van der Waals surface area contributed by atoms with Gasteiger partial charge in [0.25, 0.3) is 0 Å². The smallest absolute Gasteiger partial charge is 0.203 e. The van der Waals surface area contributed by atoms with Crippen molar-refractivity contribution in [3.05, 3.63) is 24.5 Å². The van der Waals surface area contributed by atoms with Gasteiger partial charge in [0.05, 0.1) is 5.69 Å². The third kappa shape index (κ3) is 3.60. The molecule has 4 nitrogen and oxygen atoms in total. The second kappa shape index (κ2) is 5.36. The standard InChI is InChI=1S/C13H24N4/c1-7-8-17-9-11(2)15-12(17)14-10-13(3,4)16(5)6/h7,9H,1,8,10H2,2-6H3,(H,14,15). The van der Waals surface area contributed by atoms with Crippen LogP contribution in [0.5, 0.6) is 0 Å². The fourth-order valence-electron chi connectivity index (χ4n) is 1.42. The van der Waals surface area contributed by atoms with Crippen LogP contribution < -0.4 is 5.32 Å². The van der Waals surface area contributed by atoms with E-state index in [1.54, 1.807) is 0 Å². The van der Waals surface area contributed by atoms with E-state index < -0.39 is 0 Å². The number of allylic oxidation sites excluding steroid dienone is 1. The van der Waals surface area contributed by atoms with Crippen molar-refractivity contribution in [2.24, 2.45) is 0 Å². The number of hydrogen-bond donors (Lipinski definition) is 1. The molecule has 4 heteroatoms. The van der Waals surface area contributed by atoms with Gasteiger partial charge in [0.2, 0.25) is 5.95 Å². The van der Waals surface area contributed by atoms with Crippen molar-refractivity contribution in [2.45, 2.75) is 32.9 Å². The Kier molecular flexibility index (Phi) is 4.34. The number of hydrogen-bond acceptors (Lipinski definition) is 3. The van der Waals surface area contributed by atoms with E-state index in [9.17, 15) is 0 Å². The lowest BCUT2D eigenvalue weighted by atomic mass is 10.1. The van der Waals surface area contributed by atoms with E-state index in [0.717, 1.165) is 24.7 Å². The topological polar surface area (TPSA) is 33.1 Å². The van der Waals surface area contributed by atoms with E-state index >= 15 is 0 Å². The lowest BCUT2D eigenvalue weighted by molar-refractivity contribution is 0.209. The minimum absolute atomic E-state index is 0.0961. The Labute approximate surface area is 104 Å². The molecular formula is C13H24N4. The van der Waals surface area contributed by atoms with E-state index in [-0.39, 0.29) is 5.54 Å². The average molecular weight is 236 g/mol. The van der Waals surface area contributed by atoms with Gasteiger partial charge in [0.15, 0.2) is 0 Å². The summed E-state index contributed by atoms with van der Waals surface area (Å²) in [4.78, 5) is 6.68. The molecule has 0 amide bonds. The van der Waals surface area contributed by atoms with Crippen LogP contribution in [0.2, 0.25) is 0 Å². The minimum atomic E-state index is 0.0961. The first-order chi connectivity index (χ1) is 7.86. The molecule has 0 fully saturated rings. The second-order valence-electron chi connectivity index (χ2n) is 5.21. The fourth-order valence-corrected chi connectivity index (χ4v) is 1.42. The van der Waals surface area contributed by atoms with E-state index in [0.29, 0.717) is 0 Å². The zero-order valence-corrected chi connectivity index (χ0v) is 11.6. The van der Waals surface area contributed by atoms with Crippen molar-refractivity contribution < 1.29 is 0 Å². The molecule has 1 rings (SSSR count). The average Bonchev–Trinajstić information content (AvgIpc) is 2.56. The van der Waals surface area contributed by atoms with Crippen molar-refractivity contribution in [2.75, 3.05) is 26.0 Å². The van der Waals surface area contributed by atoms with Crippen LogP contribution in [0, 0.1) is 6.92 Å². The third-order valence-electron chi connectivity index (χ3n) is 3.11. The fraction of sp³-hybridized carbons (Fsp3) is 0.615. The summed E-state index contributed by atoms with van der Waals surface area (Å²) < 4.78 is 2.08. The van der Waals surface area contributed by atoms with Crippen LogP contribution in [0.1, 0.15) is 19.5 Å². The predicted molar refractivity (Wildman–Crippen MR) is 73.4 cm³/mol. The lowest BCUT2D eigenvalue weighted by Crippen LogP contribution is -2.44. The number of nitrogens with zero attached hydrogens (tertiary/aromatic N) is 3. The van der Waals surface area contributed by atoms with Crippen LogP contribution in [0.15, 0.2) is 18.9 Å². The molecule has 1 aromatic heterocycles. The van der Waals surface area contributed by atoms with Crippen molar-refractivity contribution >= 4 is 5.95 Å². The molecule has 0 bridgehead atoms. The molecule has 0 radical (unpaired) electrons. The monoisotopic (exact) mass is 236 g/mol. The molecule has 1 aromatic rings. The molecule has 0 spiro atoms. The summed E-state index contributed by atoms with van der Waals surface area (Å²) in [6, 6.07) is 0. The number of aryl methyl sites for hydroxylation is 1. The summed E-state index contributed by atoms with van der Waals surface area (Å²) >= 11 is 0. The molecule has 0 atom stereocenters. The van der Waals surface area contributed by atoms with Crippen molar-refractivity contribution in [1.82, 2.24) is 14.5 Å². The Morgan fingerprint density at radius 3 is 2.71 bits per heavy atom. The van der Waals surface area contributed by atoms with Gasteiger partial charge in [-0.2, -0.15) is 0 Å². The zero-order chi connectivity index (χ0) is 13.1. The molecule has 17 heavy (non-hydrogen) atoms. The van der Waals surface area contributed by atoms with Crippen molar-refractivity contribution in [3.8, 4) is 0 Å². The molecule has 0 aromatic carbocycles. The molecule has 0 aliphatic carbocycles. The first-order valence-corrected chi connectivity index (χ1v) is 5.93. The summed E-state index contributed by atoms with van der Waals surface area (Å²) in [5.41, 5.74) is 1.12. The Balaban J connectivity index is 2.71. The molecule has 0 aliphatic rings. The molecule has 0 saturated heterocycles. The van der Waals surface area contributed by atoms with Gasteiger partial charge in [-0.3, -0.25) is 0 Å². The highest BCUT2D eigenvalue weighted by Crippen LogP contribution is 2.13. The van der Waals surface area contributed by atoms with Gasteiger partial charge >= 0.3 is 0 Å². The number of anilines is 1. The summed E-state index contributed by atoms with van der Waals surface area (Å²) in [7, 11) is 4.17. The highest BCUT2D eigenvalue weighted by atomic mass is 15.2. The van der Waals surface area contributed by atoms with E-state index in [4.69, 9.17) is 0 Å². The number of aromatic nitrogens is 2. The third-order valence-corrected chi connectivity index (χ3v) is 3.11. The van der Waals surface area contributed by atoms with E-state index in [1.165, 1.54) is 0 Å². The number of nitrogens with one attached hydrogen (secondary N) is 1. The van der Waals surface area contributed by atoms with Crippen LogP contribution in [0.4, 0.5) is 5.95 Å². The van der Waals surface area contributed by atoms with Crippen molar-refractivity contribution in [3.63, 3.8) is 0 Å². The van der Waals surface area contributed by atoms with Gasteiger partial charge in [0.1, 0.15) is 0 Å². The summed E-state index contributed by atoms with van der Waals surface area (Å²) in [6.45, 7) is 11.8. The predicted octanol–water partition coefficient (Wildman–Crippen LogP) is 2.13. The van der Waals surface area contributed by atoms with Crippen LogP contribution in [0.3, 0.4) is 0 Å². The Bertz CT molecular complexity index is 377. The first kappa shape index (κ1) is 13.8. The lowest BCUT2D eigenvalue weighted by Gasteiger charge is -2.32. The zero-order valence-electron chi connectivity index (χ0n) is 11.6. The number of rotatable bonds is 6. The molecule has 1 heterocycles. The second-order valence-corrected chi connectivity index (χ2v) is 5.21. The van der Waals surface area contributed by atoms with Gasteiger partial charge < -0.3 is 14.8 Å². The highest BCUT2D eigenvalue weighted by Gasteiger charge is 2.20. The number of imidazole rings is 1.